The Labute approximate surface area is 146 Å². The van der Waals surface area contributed by atoms with Gasteiger partial charge in [-0.25, -0.2) is 4.79 Å². The van der Waals surface area contributed by atoms with Gasteiger partial charge in [0, 0.05) is 5.75 Å². The summed E-state index contributed by atoms with van der Waals surface area (Å²) in [5, 5.41) is 11.7. The van der Waals surface area contributed by atoms with Crippen LogP contribution in [0.1, 0.15) is 0 Å². The van der Waals surface area contributed by atoms with Crippen molar-refractivity contribution in [2.75, 3.05) is 12.9 Å². The van der Waals surface area contributed by atoms with Crippen LogP contribution >= 0.6 is 23.5 Å². The van der Waals surface area contributed by atoms with Gasteiger partial charge in [0.05, 0.1) is 18.8 Å². The molecule has 6 nitrogen and oxygen atoms in total. The molecule has 0 aromatic rings. The number of hydrogen-bond acceptors (Lipinski definition) is 7. The van der Waals surface area contributed by atoms with Gasteiger partial charge >= 0.3 is 35.5 Å². The van der Waals surface area contributed by atoms with Crippen molar-refractivity contribution in [3.05, 3.63) is 23.8 Å². The number of thioether (sulfide) groups is 2. The van der Waals surface area contributed by atoms with Gasteiger partial charge < -0.3 is 14.6 Å². The third kappa shape index (κ3) is 2.33. The molecule has 0 aromatic carbocycles. The van der Waals surface area contributed by atoms with Crippen LogP contribution in [0.15, 0.2) is 23.8 Å². The number of carbonyl (C=O) groups is 3. The van der Waals surface area contributed by atoms with E-state index in [1.165, 1.54) is 30.4 Å². The molecule has 0 radical (unpaired) electrons. The zero-order valence-electron chi connectivity index (χ0n) is 11.0. The first-order valence-corrected chi connectivity index (χ1v) is 7.17. The Hall–Kier alpha value is -0.410. The first-order chi connectivity index (χ1) is 9.00. The standard InChI is InChI=1S/C11H11NO5S2.Na/c1-3-19-11(10(16)17-2)8(15)12-6(7(13)14)4-5-18-9(11)12;/h3-4,9H,1,5H2,2H3,(H,13,14);/q;+1/p-1/t9-,11?;/m0./s1. The molecule has 2 atom stereocenters. The molecule has 0 spiro atoms. The molecule has 1 amide bonds. The van der Waals surface area contributed by atoms with E-state index in [0.717, 1.165) is 16.7 Å². The maximum absolute atomic E-state index is 12.2. The van der Waals surface area contributed by atoms with Crippen molar-refractivity contribution in [3.63, 3.8) is 0 Å². The summed E-state index contributed by atoms with van der Waals surface area (Å²) in [6.07, 6.45) is 1.40. The molecule has 2 heterocycles. The van der Waals surface area contributed by atoms with Gasteiger partial charge in [-0.2, -0.15) is 0 Å². The Morgan fingerprint density at radius 3 is 2.85 bits per heavy atom. The largest absolute Gasteiger partial charge is 1.00 e. The number of amides is 1. The number of nitrogens with zero attached hydrogens (tertiary/aromatic N) is 1. The number of methoxy groups -OCH3 is 1. The normalized spacial score (nSPS) is 27.4. The SMILES string of the molecule is C=CSC1(C(=O)OC)C(=O)N2C(C(=O)[O-])=CCS[C@H]21.[Na+]. The molecule has 2 aliphatic rings. The molecular weight excluding hydrogens is 313 g/mol. The van der Waals surface area contributed by atoms with Crippen LogP contribution in [0.25, 0.3) is 0 Å². The van der Waals surface area contributed by atoms with E-state index in [2.05, 4.69) is 11.3 Å². The molecule has 2 rings (SSSR count). The van der Waals surface area contributed by atoms with Crippen LogP contribution in [-0.4, -0.2) is 45.7 Å². The molecule has 20 heavy (non-hydrogen) atoms. The zero-order valence-corrected chi connectivity index (χ0v) is 14.6. The number of ether oxygens (including phenoxy) is 1. The minimum Gasteiger partial charge on any atom is -0.543 e. The van der Waals surface area contributed by atoms with Gasteiger partial charge in [-0.1, -0.05) is 6.58 Å². The van der Waals surface area contributed by atoms with Gasteiger partial charge in [-0.3, -0.25) is 9.69 Å². The van der Waals surface area contributed by atoms with Crippen LogP contribution < -0.4 is 34.7 Å². The number of rotatable bonds is 4. The minimum atomic E-state index is -1.45. The number of carboxylic acid groups (broad SMARTS) is 1. The summed E-state index contributed by atoms with van der Waals surface area (Å²) in [6, 6.07) is 0. The second kappa shape index (κ2) is 6.57. The van der Waals surface area contributed by atoms with Crippen LogP contribution in [0, 0.1) is 0 Å². The second-order valence-corrected chi connectivity index (χ2v) is 6.08. The van der Waals surface area contributed by atoms with Gasteiger partial charge in [0.15, 0.2) is 0 Å². The Morgan fingerprint density at radius 2 is 2.35 bits per heavy atom. The van der Waals surface area contributed by atoms with Gasteiger partial charge in [0.25, 0.3) is 5.91 Å². The number of carboxylic acids is 1. The maximum Gasteiger partial charge on any atom is 1.00 e. The monoisotopic (exact) mass is 323 g/mol. The van der Waals surface area contributed by atoms with Crippen molar-refractivity contribution >= 4 is 41.4 Å². The summed E-state index contributed by atoms with van der Waals surface area (Å²) < 4.78 is 3.23. The molecule has 1 unspecified atom stereocenters. The van der Waals surface area contributed by atoms with Gasteiger partial charge in [-0.05, 0) is 11.5 Å². The summed E-state index contributed by atoms with van der Waals surface area (Å²) in [7, 11) is 1.19. The Morgan fingerprint density at radius 1 is 1.70 bits per heavy atom. The topological polar surface area (TPSA) is 86.7 Å². The summed E-state index contributed by atoms with van der Waals surface area (Å²) >= 11 is 2.24. The number of aliphatic carboxylic acids is 1. The van der Waals surface area contributed by atoms with E-state index in [-0.39, 0.29) is 35.3 Å². The van der Waals surface area contributed by atoms with Crippen molar-refractivity contribution < 1.29 is 53.8 Å². The summed E-state index contributed by atoms with van der Waals surface area (Å²) in [6.45, 7) is 3.50. The predicted molar refractivity (Wildman–Crippen MR) is 68.7 cm³/mol. The predicted octanol–water partition coefficient (Wildman–Crippen LogP) is -3.67. The molecule has 0 bridgehead atoms. The van der Waals surface area contributed by atoms with Crippen LogP contribution in [0.5, 0.6) is 0 Å². The molecule has 0 saturated carbocycles. The average molecular weight is 323 g/mol. The second-order valence-electron chi connectivity index (χ2n) is 3.75. The van der Waals surface area contributed by atoms with Gasteiger partial charge in [0.2, 0.25) is 4.75 Å². The molecule has 1 saturated heterocycles. The molecule has 0 aliphatic carbocycles. The fourth-order valence-corrected chi connectivity index (χ4v) is 4.52. The van der Waals surface area contributed by atoms with Crippen LogP contribution in [0.2, 0.25) is 0 Å². The van der Waals surface area contributed by atoms with Gasteiger partial charge in [-0.15, -0.1) is 23.5 Å². The molecule has 102 valence electrons. The molecule has 9 heteroatoms. The molecule has 0 N–H and O–H groups in total. The van der Waals surface area contributed by atoms with E-state index in [1.54, 1.807) is 0 Å². The van der Waals surface area contributed by atoms with Crippen LogP contribution in [0.4, 0.5) is 0 Å². The van der Waals surface area contributed by atoms with Crippen LogP contribution in [-0.2, 0) is 19.1 Å². The van der Waals surface area contributed by atoms with E-state index < -0.39 is 28.0 Å². The van der Waals surface area contributed by atoms with E-state index in [0.29, 0.717) is 5.75 Å². The number of hydrogen-bond donors (Lipinski definition) is 0. The van der Waals surface area contributed by atoms with Crippen molar-refractivity contribution in [2.45, 2.75) is 10.1 Å². The minimum absolute atomic E-state index is 0. The van der Waals surface area contributed by atoms with Crippen molar-refractivity contribution in [2.24, 2.45) is 0 Å². The van der Waals surface area contributed by atoms with Gasteiger partial charge in [0.1, 0.15) is 5.37 Å². The van der Waals surface area contributed by atoms with Crippen LogP contribution in [0.3, 0.4) is 0 Å². The first kappa shape index (κ1) is 17.6. The third-order valence-electron chi connectivity index (χ3n) is 2.88. The number of carbonyl (C=O) groups excluding carboxylic acids is 3. The van der Waals surface area contributed by atoms with Crippen molar-refractivity contribution in [1.29, 1.82) is 0 Å². The van der Waals surface area contributed by atoms with E-state index >= 15 is 0 Å². The summed E-state index contributed by atoms with van der Waals surface area (Å²) in [4.78, 5) is 36.2. The van der Waals surface area contributed by atoms with Crippen molar-refractivity contribution in [3.8, 4) is 0 Å². The van der Waals surface area contributed by atoms with Crippen molar-refractivity contribution in [1.82, 2.24) is 4.90 Å². The number of β-lactam (4-membered cyclic amide) rings is 1. The van der Waals surface area contributed by atoms with E-state index in [9.17, 15) is 19.5 Å². The maximum atomic E-state index is 12.2. The molecule has 2 aliphatic heterocycles. The third-order valence-corrected chi connectivity index (χ3v) is 5.37. The Kier molecular flexibility index (Phi) is 5.79. The number of esters is 1. The Balaban J connectivity index is 0.00000200. The average Bonchev–Trinajstić information content (AvgIpc) is 2.42. The molecular formula is C11H10NNaO5S2. The van der Waals surface area contributed by atoms with E-state index in [1.807, 2.05) is 0 Å². The first-order valence-electron chi connectivity index (χ1n) is 5.24. The van der Waals surface area contributed by atoms with E-state index in [4.69, 9.17) is 0 Å². The molecule has 0 aromatic heterocycles. The fraction of sp³-hybridized carbons (Fsp3) is 0.364. The summed E-state index contributed by atoms with van der Waals surface area (Å²) in [5.41, 5.74) is -0.196. The Bertz CT molecular complexity index is 509. The zero-order chi connectivity index (χ0) is 14.2. The quantitative estimate of drug-likeness (QED) is 0.228. The number of fused-ring (bicyclic) bond motifs is 1. The molecule has 1 fully saturated rings. The fourth-order valence-electron chi connectivity index (χ4n) is 2.06. The smallest absolute Gasteiger partial charge is 0.543 e. The summed E-state index contributed by atoms with van der Waals surface area (Å²) in [5.74, 6) is -2.36.